The summed E-state index contributed by atoms with van der Waals surface area (Å²) in [5.41, 5.74) is 0. The molecule has 0 saturated heterocycles. The fourth-order valence-corrected chi connectivity index (χ4v) is 2.18. The SMILES string of the molecule is O=S([O-])C1CCCCCC1F.[Na+]. The summed E-state index contributed by atoms with van der Waals surface area (Å²) in [7, 11) is 0. The Bertz CT molecular complexity index is 156. The van der Waals surface area contributed by atoms with Crippen molar-refractivity contribution in [3.05, 3.63) is 0 Å². The Balaban J connectivity index is 0.00000121. The molecule has 2 nitrogen and oxygen atoms in total. The van der Waals surface area contributed by atoms with E-state index in [1.165, 1.54) is 0 Å². The first-order valence-corrected chi connectivity index (χ1v) is 5.08. The average molecular weight is 202 g/mol. The van der Waals surface area contributed by atoms with Crippen LogP contribution in [0.15, 0.2) is 0 Å². The smallest absolute Gasteiger partial charge is 0.772 e. The quantitative estimate of drug-likeness (QED) is 0.296. The van der Waals surface area contributed by atoms with E-state index in [0.717, 1.165) is 19.3 Å². The Kier molecular flexibility index (Phi) is 7.05. The van der Waals surface area contributed by atoms with Crippen molar-refractivity contribution in [3.8, 4) is 0 Å². The number of hydrogen-bond acceptors (Lipinski definition) is 2. The first kappa shape index (κ1) is 13.0. The third kappa shape index (κ3) is 3.83. The first-order chi connectivity index (χ1) is 5.22. The van der Waals surface area contributed by atoms with Gasteiger partial charge in [-0.2, -0.15) is 0 Å². The van der Waals surface area contributed by atoms with Gasteiger partial charge in [0.25, 0.3) is 0 Å². The summed E-state index contributed by atoms with van der Waals surface area (Å²) in [4.78, 5) is 0. The molecule has 1 saturated carbocycles. The van der Waals surface area contributed by atoms with E-state index < -0.39 is 22.5 Å². The van der Waals surface area contributed by atoms with E-state index in [4.69, 9.17) is 0 Å². The van der Waals surface area contributed by atoms with Gasteiger partial charge in [0, 0.05) is 0 Å². The monoisotopic (exact) mass is 202 g/mol. The molecule has 0 aromatic heterocycles. The van der Waals surface area contributed by atoms with E-state index in [2.05, 4.69) is 0 Å². The molecule has 3 atom stereocenters. The van der Waals surface area contributed by atoms with E-state index in [0.29, 0.717) is 12.8 Å². The number of halogens is 1. The Morgan fingerprint density at radius 1 is 1.25 bits per heavy atom. The van der Waals surface area contributed by atoms with Crippen molar-refractivity contribution in [3.63, 3.8) is 0 Å². The number of alkyl halides is 1. The van der Waals surface area contributed by atoms with Gasteiger partial charge in [0.15, 0.2) is 0 Å². The van der Waals surface area contributed by atoms with E-state index in [1.807, 2.05) is 0 Å². The minimum Gasteiger partial charge on any atom is -0.772 e. The summed E-state index contributed by atoms with van der Waals surface area (Å²) in [6.45, 7) is 0. The van der Waals surface area contributed by atoms with Gasteiger partial charge < -0.3 is 4.55 Å². The number of hydrogen-bond donors (Lipinski definition) is 0. The minimum atomic E-state index is -2.22. The number of rotatable bonds is 1. The molecule has 1 fully saturated rings. The molecule has 1 aliphatic carbocycles. The Labute approximate surface area is 96.9 Å². The summed E-state index contributed by atoms with van der Waals surface area (Å²) >= 11 is -2.22. The standard InChI is InChI=1S/C7H13FO2S.Na/c8-6-4-2-1-3-5-7(6)11(9)10;/h6-7H,1-5H2,(H,9,10);/q;+1/p-1. The van der Waals surface area contributed by atoms with Gasteiger partial charge in [0.05, 0.1) is 5.25 Å². The fraction of sp³-hybridized carbons (Fsp3) is 1.00. The molecule has 12 heavy (non-hydrogen) atoms. The topological polar surface area (TPSA) is 40.1 Å². The van der Waals surface area contributed by atoms with E-state index in [9.17, 15) is 13.2 Å². The predicted octanol–water partition coefficient (Wildman–Crippen LogP) is -1.46. The van der Waals surface area contributed by atoms with Crippen LogP contribution in [0.2, 0.25) is 0 Å². The molecule has 1 aliphatic rings. The third-order valence-corrected chi connectivity index (χ3v) is 3.14. The van der Waals surface area contributed by atoms with Crippen LogP contribution in [0.3, 0.4) is 0 Å². The third-order valence-electron chi connectivity index (χ3n) is 2.12. The van der Waals surface area contributed by atoms with Crippen LogP contribution in [0.1, 0.15) is 32.1 Å². The molecule has 0 spiro atoms. The zero-order valence-corrected chi connectivity index (χ0v) is 10.1. The van der Waals surface area contributed by atoms with Crippen LogP contribution >= 0.6 is 0 Å². The van der Waals surface area contributed by atoms with Gasteiger partial charge in [-0.05, 0) is 23.9 Å². The molecule has 5 heteroatoms. The van der Waals surface area contributed by atoms with Crippen LogP contribution < -0.4 is 29.6 Å². The Hall–Kier alpha value is 1.04. The molecule has 0 aromatic carbocycles. The predicted molar refractivity (Wildman–Crippen MR) is 40.7 cm³/mol. The second-order valence-electron chi connectivity index (χ2n) is 2.95. The normalized spacial score (nSPS) is 33.2. The van der Waals surface area contributed by atoms with Crippen LogP contribution in [0, 0.1) is 0 Å². The zero-order chi connectivity index (χ0) is 8.27. The Morgan fingerprint density at radius 2 is 1.83 bits per heavy atom. The molecule has 0 heterocycles. The van der Waals surface area contributed by atoms with Crippen LogP contribution in [-0.2, 0) is 11.1 Å². The summed E-state index contributed by atoms with van der Waals surface area (Å²) in [5, 5.41) is -0.738. The summed E-state index contributed by atoms with van der Waals surface area (Å²) in [6, 6.07) is 0. The van der Waals surface area contributed by atoms with Gasteiger partial charge >= 0.3 is 29.6 Å². The second-order valence-corrected chi connectivity index (χ2v) is 4.08. The Morgan fingerprint density at radius 3 is 2.42 bits per heavy atom. The van der Waals surface area contributed by atoms with Gasteiger partial charge in [-0.15, -0.1) is 0 Å². The largest absolute Gasteiger partial charge is 1.00 e. The van der Waals surface area contributed by atoms with Gasteiger partial charge in [-0.25, -0.2) is 4.39 Å². The van der Waals surface area contributed by atoms with Gasteiger partial charge in [0.2, 0.25) is 0 Å². The molecule has 1 rings (SSSR count). The van der Waals surface area contributed by atoms with Crippen LogP contribution in [-0.4, -0.2) is 20.2 Å². The van der Waals surface area contributed by atoms with Crippen LogP contribution in [0.5, 0.6) is 0 Å². The molecular weight excluding hydrogens is 190 g/mol. The minimum absolute atomic E-state index is 0. The molecular formula is C7H12FNaO2S. The molecule has 0 N–H and O–H groups in total. The first-order valence-electron chi connectivity index (χ1n) is 3.94. The van der Waals surface area contributed by atoms with Crippen LogP contribution in [0.25, 0.3) is 0 Å². The van der Waals surface area contributed by atoms with Crippen molar-refractivity contribution in [2.75, 3.05) is 0 Å². The van der Waals surface area contributed by atoms with E-state index >= 15 is 0 Å². The molecule has 3 unspecified atom stereocenters. The van der Waals surface area contributed by atoms with Gasteiger partial charge in [0.1, 0.15) is 6.17 Å². The fourth-order valence-electron chi connectivity index (χ4n) is 1.45. The van der Waals surface area contributed by atoms with Gasteiger partial charge in [-0.1, -0.05) is 19.3 Å². The van der Waals surface area contributed by atoms with Crippen molar-refractivity contribution in [1.29, 1.82) is 0 Å². The van der Waals surface area contributed by atoms with E-state index in [1.54, 1.807) is 0 Å². The maximum absolute atomic E-state index is 13.0. The van der Waals surface area contributed by atoms with Gasteiger partial charge in [-0.3, -0.25) is 4.21 Å². The molecule has 0 bridgehead atoms. The molecule has 66 valence electrons. The van der Waals surface area contributed by atoms with Crippen molar-refractivity contribution in [2.45, 2.75) is 43.5 Å². The van der Waals surface area contributed by atoms with Crippen LogP contribution in [0.4, 0.5) is 4.39 Å². The van der Waals surface area contributed by atoms with Crippen molar-refractivity contribution in [1.82, 2.24) is 0 Å². The summed E-state index contributed by atoms with van der Waals surface area (Å²) < 4.78 is 33.9. The average Bonchev–Trinajstić information content (AvgIpc) is 2.13. The second kappa shape index (κ2) is 6.49. The van der Waals surface area contributed by atoms with Crippen molar-refractivity contribution in [2.24, 2.45) is 0 Å². The maximum atomic E-state index is 13.0. The molecule has 0 aliphatic heterocycles. The molecule has 0 amide bonds. The molecule has 0 radical (unpaired) electrons. The summed E-state index contributed by atoms with van der Waals surface area (Å²) in [6.07, 6.45) is 2.42. The van der Waals surface area contributed by atoms with Crippen molar-refractivity contribution < 1.29 is 42.7 Å². The molecule has 0 aromatic rings. The van der Waals surface area contributed by atoms with E-state index in [-0.39, 0.29) is 29.6 Å². The zero-order valence-electron chi connectivity index (χ0n) is 7.29. The van der Waals surface area contributed by atoms with Crippen molar-refractivity contribution >= 4 is 11.1 Å². The summed E-state index contributed by atoms with van der Waals surface area (Å²) in [5.74, 6) is 0. The maximum Gasteiger partial charge on any atom is 1.00 e.